The number of halogens is 4. The number of nitrogens with two attached hydrogens (primary N) is 1. The van der Waals surface area contributed by atoms with Crippen LogP contribution in [-0.4, -0.2) is 52.8 Å². The van der Waals surface area contributed by atoms with Gasteiger partial charge < -0.3 is 11.1 Å². The molecule has 4 aliphatic rings. The van der Waals surface area contributed by atoms with Gasteiger partial charge in [0, 0.05) is 51.0 Å². The first-order valence-corrected chi connectivity index (χ1v) is 15.6. The third-order valence-electron chi connectivity index (χ3n) is 9.61. The molecule has 7 rings (SSSR count). The maximum absolute atomic E-state index is 14.2. The van der Waals surface area contributed by atoms with Gasteiger partial charge in [-0.15, -0.1) is 0 Å². The van der Waals surface area contributed by atoms with Gasteiger partial charge in [0.1, 0.15) is 0 Å². The predicted octanol–water partition coefficient (Wildman–Crippen LogP) is 4.79. The lowest BCUT2D eigenvalue weighted by Gasteiger charge is -2.34. The molecule has 0 aromatic carbocycles. The Bertz CT molecular complexity index is 1560. The third-order valence-corrected chi connectivity index (χ3v) is 9.61. The second kappa shape index (κ2) is 10.8. The largest absolute Gasteiger partial charge is 0.363 e. The van der Waals surface area contributed by atoms with Crippen LogP contribution >= 0.6 is 0 Å². The van der Waals surface area contributed by atoms with E-state index >= 15 is 0 Å². The fraction of sp³-hybridized carbons (Fsp3) is 0.667. The van der Waals surface area contributed by atoms with E-state index in [1.54, 1.807) is 21.5 Å². The number of fused-ring (bicyclic) bond motifs is 1. The number of alkyl halides is 4. The molecule has 4 saturated carbocycles. The van der Waals surface area contributed by atoms with Crippen molar-refractivity contribution in [2.24, 2.45) is 29.4 Å². The van der Waals surface area contributed by atoms with Crippen LogP contribution in [0.1, 0.15) is 110 Å². The molecule has 0 unspecified atom stereocenters. The molecule has 2 atom stereocenters. The van der Waals surface area contributed by atoms with Gasteiger partial charge in [0.25, 0.3) is 5.91 Å². The molecule has 44 heavy (non-hydrogen) atoms. The second-order valence-corrected chi connectivity index (χ2v) is 13.4. The molecular weight excluding hydrogens is 580 g/mol. The molecule has 3 aromatic rings. The van der Waals surface area contributed by atoms with Crippen LogP contribution in [0.5, 0.6) is 0 Å². The summed E-state index contributed by atoms with van der Waals surface area (Å²) in [5, 5.41) is 7.70. The first-order valence-electron chi connectivity index (χ1n) is 15.6. The first kappa shape index (κ1) is 29.1. The highest BCUT2D eigenvalue weighted by molar-refractivity contribution is 5.89. The van der Waals surface area contributed by atoms with Crippen LogP contribution in [0.25, 0.3) is 5.78 Å². The van der Waals surface area contributed by atoms with Crippen molar-refractivity contribution in [3.05, 3.63) is 41.5 Å². The highest BCUT2D eigenvalue weighted by atomic mass is 19.3. The Morgan fingerprint density at radius 1 is 0.932 bits per heavy atom. The Kier molecular flexibility index (Phi) is 7.15. The minimum Gasteiger partial charge on any atom is -0.363 e. The van der Waals surface area contributed by atoms with Crippen LogP contribution in [0, 0.1) is 23.7 Å². The summed E-state index contributed by atoms with van der Waals surface area (Å²) in [6.07, 6.45) is 7.02. The smallest absolute Gasteiger partial charge is 0.286 e. The van der Waals surface area contributed by atoms with Crippen LogP contribution in [-0.2, 0) is 11.3 Å². The predicted molar refractivity (Wildman–Crippen MR) is 149 cm³/mol. The lowest BCUT2D eigenvalue weighted by atomic mass is 9.77. The molecule has 10 nitrogen and oxygen atoms in total. The number of carbonyl (C=O) groups is 2. The SMILES string of the molecule is NC(=O)c1nc([C@H](c2cn3ccc([C@H](NC(=O)CC4CC(F)(F)C4)C4CC4)nc3n2)C2CCC(F)(F)CC2)nn1CC1CC1. The van der Waals surface area contributed by atoms with Gasteiger partial charge in [0.15, 0.2) is 5.82 Å². The van der Waals surface area contributed by atoms with Gasteiger partial charge >= 0.3 is 0 Å². The Morgan fingerprint density at radius 3 is 2.27 bits per heavy atom. The highest BCUT2D eigenvalue weighted by Crippen LogP contribution is 2.46. The molecule has 4 fully saturated rings. The Morgan fingerprint density at radius 2 is 1.64 bits per heavy atom. The average molecular weight is 617 g/mol. The normalized spacial score (nSPS) is 23.3. The number of rotatable bonds is 11. The van der Waals surface area contributed by atoms with Crippen LogP contribution in [0.15, 0.2) is 18.5 Å². The molecule has 0 saturated heterocycles. The zero-order valence-corrected chi connectivity index (χ0v) is 24.3. The molecule has 2 amide bonds. The van der Waals surface area contributed by atoms with Gasteiger partial charge in [-0.2, -0.15) is 5.10 Å². The maximum atomic E-state index is 14.2. The molecule has 0 spiro atoms. The van der Waals surface area contributed by atoms with Gasteiger partial charge in [-0.1, -0.05) is 0 Å². The van der Waals surface area contributed by atoms with E-state index in [1.165, 1.54) is 0 Å². The topological polar surface area (TPSA) is 133 Å². The van der Waals surface area contributed by atoms with Crippen molar-refractivity contribution in [1.29, 1.82) is 0 Å². The number of amides is 2. The number of hydrogen-bond acceptors (Lipinski definition) is 6. The number of primary amides is 1. The summed E-state index contributed by atoms with van der Waals surface area (Å²) in [4.78, 5) is 39.1. The Hall–Kier alpha value is -3.58. The van der Waals surface area contributed by atoms with Crippen molar-refractivity contribution in [1.82, 2.24) is 34.4 Å². The maximum Gasteiger partial charge on any atom is 0.286 e. The van der Waals surface area contributed by atoms with Gasteiger partial charge in [-0.3, -0.25) is 14.0 Å². The van der Waals surface area contributed by atoms with E-state index in [4.69, 9.17) is 15.7 Å². The Labute approximate surface area is 251 Å². The summed E-state index contributed by atoms with van der Waals surface area (Å²) in [5.74, 6) is -6.08. The third kappa shape index (κ3) is 6.16. The number of hydrogen-bond donors (Lipinski definition) is 2. The standard InChI is InChI=1S/C30H36F4N8O2/c31-29(32)8-5-18(6-9-29)23(26-39-27(25(35)44)42(40-26)14-16-1-2-16)21-15-41-10-7-20(36-28(41)37-21)24(19-3-4-19)38-22(43)11-17-12-30(33,34)13-17/h7,10,15-19,23-24H,1-6,8-9,11-14H2,(H2,35,44)(H,38,43)/t23-,24+/m0/s1. The quantitative estimate of drug-likeness (QED) is 0.298. The zero-order valence-electron chi connectivity index (χ0n) is 24.3. The summed E-state index contributed by atoms with van der Waals surface area (Å²) in [5.41, 5.74) is 6.83. The van der Waals surface area contributed by atoms with E-state index in [2.05, 4.69) is 15.4 Å². The number of carbonyl (C=O) groups excluding carboxylic acids is 2. The van der Waals surface area contributed by atoms with Gasteiger partial charge in [-0.25, -0.2) is 37.2 Å². The lowest BCUT2D eigenvalue weighted by molar-refractivity contribution is -0.134. The van der Waals surface area contributed by atoms with E-state index in [-0.39, 0.29) is 80.5 Å². The summed E-state index contributed by atoms with van der Waals surface area (Å²) in [6, 6.07) is 1.45. The number of aromatic nitrogens is 6. The fourth-order valence-corrected chi connectivity index (χ4v) is 6.84. The Balaban J connectivity index is 1.17. The minimum absolute atomic E-state index is 0.0517. The minimum atomic E-state index is -2.73. The van der Waals surface area contributed by atoms with Crippen LogP contribution < -0.4 is 11.1 Å². The van der Waals surface area contributed by atoms with Crippen LogP contribution in [0.2, 0.25) is 0 Å². The molecule has 14 heteroatoms. The summed E-state index contributed by atoms with van der Waals surface area (Å²) in [7, 11) is 0. The van der Waals surface area contributed by atoms with Crippen molar-refractivity contribution in [3.8, 4) is 0 Å². The summed E-state index contributed by atoms with van der Waals surface area (Å²) < 4.78 is 58.1. The zero-order chi connectivity index (χ0) is 30.8. The molecule has 4 aliphatic carbocycles. The van der Waals surface area contributed by atoms with E-state index in [0.717, 1.165) is 25.7 Å². The molecule has 236 valence electrons. The van der Waals surface area contributed by atoms with Crippen molar-refractivity contribution >= 4 is 17.6 Å². The van der Waals surface area contributed by atoms with Gasteiger partial charge in [0.2, 0.25) is 29.4 Å². The van der Waals surface area contributed by atoms with Crippen LogP contribution in [0.3, 0.4) is 0 Å². The average Bonchev–Trinajstić information content (AvgIpc) is 3.86. The van der Waals surface area contributed by atoms with E-state index < -0.39 is 23.7 Å². The van der Waals surface area contributed by atoms with E-state index in [0.29, 0.717) is 35.5 Å². The molecule has 3 heterocycles. The number of nitrogens with one attached hydrogen (secondary N) is 1. The van der Waals surface area contributed by atoms with Gasteiger partial charge in [-0.05, 0) is 68.3 Å². The molecule has 3 N–H and O–H groups in total. The molecular formula is C30H36F4N8O2. The van der Waals surface area contributed by atoms with E-state index in [9.17, 15) is 27.2 Å². The lowest BCUT2D eigenvalue weighted by Crippen LogP contribution is -2.39. The van der Waals surface area contributed by atoms with Crippen LogP contribution in [0.4, 0.5) is 17.6 Å². The molecule has 0 radical (unpaired) electrons. The van der Waals surface area contributed by atoms with E-state index in [1.807, 2.05) is 6.07 Å². The fourth-order valence-electron chi connectivity index (χ4n) is 6.84. The highest BCUT2D eigenvalue weighted by Gasteiger charge is 2.46. The van der Waals surface area contributed by atoms with Crippen molar-refractivity contribution in [2.45, 2.75) is 101 Å². The van der Waals surface area contributed by atoms with Crippen molar-refractivity contribution in [2.75, 3.05) is 0 Å². The van der Waals surface area contributed by atoms with Gasteiger partial charge in [0.05, 0.1) is 23.3 Å². The van der Waals surface area contributed by atoms with Crippen molar-refractivity contribution < 1.29 is 27.2 Å². The molecule has 3 aromatic heterocycles. The first-order chi connectivity index (χ1) is 20.9. The van der Waals surface area contributed by atoms with Crippen molar-refractivity contribution in [3.63, 3.8) is 0 Å². The molecule has 0 bridgehead atoms. The number of imidazole rings is 1. The second-order valence-electron chi connectivity index (χ2n) is 13.4. The summed E-state index contributed by atoms with van der Waals surface area (Å²) in [6.45, 7) is 0.522. The monoisotopic (exact) mass is 616 g/mol. The number of nitrogens with zero attached hydrogens (tertiary/aromatic N) is 6. The summed E-state index contributed by atoms with van der Waals surface area (Å²) >= 11 is 0. The molecule has 0 aliphatic heterocycles.